The van der Waals surface area contributed by atoms with Gasteiger partial charge in [-0.15, -0.1) is 0 Å². The third-order valence-electron chi connectivity index (χ3n) is 2.42. The average Bonchev–Trinajstić information content (AvgIpc) is 2.29. The van der Waals surface area contributed by atoms with E-state index in [0.29, 0.717) is 13.0 Å². The maximum atomic E-state index is 10.9. The fourth-order valence-corrected chi connectivity index (χ4v) is 2.57. The first-order valence-corrected chi connectivity index (χ1v) is 5.37. The van der Waals surface area contributed by atoms with Crippen molar-refractivity contribution in [3.63, 3.8) is 0 Å². The molecule has 0 amide bonds. The highest BCUT2D eigenvalue weighted by Crippen LogP contribution is 2.24. The lowest BCUT2D eigenvalue weighted by atomic mass is 10.0. The molecule has 1 rings (SSSR count). The Hall–Kier alpha value is -0.170. The van der Waals surface area contributed by atoms with Gasteiger partial charge in [0, 0.05) is 19.2 Å². The molecule has 1 fully saturated rings. The van der Waals surface area contributed by atoms with Gasteiger partial charge in [0.1, 0.15) is 0 Å². The minimum atomic E-state index is -3.57. The maximum Gasteiger partial charge on any atom is 0.277 e. The summed E-state index contributed by atoms with van der Waals surface area (Å²) in [6.45, 7) is 2.21. The van der Waals surface area contributed by atoms with Crippen LogP contribution in [0.25, 0.3) is 0 Å². The van der Waals surface area contributed by atoms with Crippen molar-refractivity contribution in [3.05, 3.63) is 0 Å². The molecule has 0 aromatic rings. The van der Waals surface area contributed by atoms with Crippen LogP contribution in [-0.4, -0.2) is 37.0 Å². The van der Waals surface area contributed by atoms with Crippen molar-refractivity contribution in [2.45, 2.75) is 19.4 Å². The SMILES string of the molecule is CC1C(CO)CCN1S(N)(=O)=O. The lowest BCUT2D eigenvalue weighted by Gasteiger charge is -2.20. The number of aliphatic hydroxyl groups is 1. The molecule has 1 aliphatic rings. The molecule has 0 aromatic heterocycles. The van der Waals surface area contributed by atoms with Crippen LogP contribution in [-0.2, 0) is 10.2 Å². The van der Waals surface area contributed by atoms with Crippen LogP contribution in [0.3, 0.4) is 0 Å². The van der Waals surface area contributed by atoms with E-state index in [1.165, 1.54) is 4.31 Å². The van der Waals surface area contributed by atoms with Gasteiger partial charge in [-0.25, -0.2) is 5.14 Å². The topological polar surface area (TPSA) is 83.6 Å². The monoisotopic (exact) mass is 194 g/mol. The largest absolute Gasteiger partial charge is 0.396 e. The minimum absolute atomic E-state index is 0.0210. The number of hydrogen-bond acceptors (Lipinski definition) is 3. The van der Waals surface area contributed by atoms with E-state index in [1.807, 2.05) is 0 Å². The molecule has 0 aliphatic carbocycles. The summed E-state index contributed by atoms with van der Waals surface area (Å²) in [6.07, 6.45) is 0.689. The second-order valence-electron chi connectivity index (χ2n) is 3.13. The van der Waals surface area contributed by atoms with E-state index in [4.69, 9.17) is 10.2 Å². The first kappa shape index (κ1) is 9.91. The molecule has 2 unspecified atom stereocenters. The van der Waals surface area contributed by atoms with Crippen molar-refractivity contribution < 1.29 is 13.5 Å². The summed E-state index contributed by atoms with van der Waals surface area (Å²) < 4.78 is 23.1. The number of rotatable bonds is 2. The van der Waals surface area contributed by atoms with Crippen molar-refractivity contribution in [1.82, 2.24) is 4.31 Å². The summed E-state index contributed by atoms with van der Waals surface area (Å²) in [7, 11) is -3.57. The summed E-state index contributed by atoms with van der Waals surface area (Å²) in [6, 6.07) is -0.176. The normalized spacial score (nSPS) is 32.6. The highest BCUT2D eigenvalue weighted by atomic mass is 32.2. The predicted octanol–water partition coefficient (Wildman–Crippen LogP) is -1.11. The Balaban J connectivity index is 2.74. The predicted molar refractivity (Wildman–Crippen MR) is 44.5 cm³/mol. The lowest BCUT2D eigenvalue weighted by molar-refractivity contribution is 0.205. The van der Waals surface area contributed by atoms with Crippen LogP contribution in [0, 0.1) is 5.92 Å². The van der Waals surface area contributed by atoms with Gasteiger partial charge in [0.05, 0.1) is 0 Å². The minimum Gasteiger partial charge on any atom is -0.396 e. The third-order valence-corrected chi connectivity index (χ3v) is 3.59. The number of hydrogen-bond donors (Lipinski definition) is 2. The van der Waals surface area contributed by atoms with E-state index in [9.17, 15) is 8.42 Å². The molecule has 6 heteroatoms. The highest BCUT2D eigenvalue weighted by Gasteiger charge is 2.35. The molecule has 0 saturated carbocycles. The van der Waals surface area contributed by atoms with Crippen LogP contribution >= 0.6 is 0 Å². The zero-order valence-corrected chi connectivity index (χ0v) is 7.79. The Bertz CT molecular complexity index is 252. The summed E-state index contributed by atoms with van der Waals surface area (Å²) in [4.78, 5) is 0. The second-order valence-corrected chi connectivity index (χ2v) is 4.63. The Labute approximate surface area is 72.3 Å². The second kappa shape index (κ2) is 3.29. The molecule has 1 heterocycles. The van der Waals surface area contributed by atoms with Crippen molar-refractivity contribution in [3.8, 4) is 0 Å². The van der Waals surface area contributed by atoms with E-state index in [-0.39, 0.29) is 18.6 Å². The summed E-state index contributed by atoms with van der Waals surface area (Å²) in [5.74, 6) is 0.0309. The number of nitrogens with two attached hydrogens (primary N) is 1. The van der Waals surface area contributed by atoms with Gasteiger partial charge in [0.2, 0.25) is 0 Å². The molecule has 72 valence electrons. The van der Waals surface area contributed by atoms with Gasteiger partial charge in [-0.3, -0.25) is 0 Å². The lowest BCUT2D eigenvalue weighted by Crippen LogP contribution is -2.40. The first-order chi connectivity index (χ1) is 5.46. The fraction of sp³-hybridized carbons (Fsp3) is 1.00. The van der Waals surface area contributed by atoms with Gasteiger partial charge in [-0.2, -0.15) is 12.7 Å². The Kier molecular flexibility index (Phi) is 2.72. The molecule has 3 N–H and O–H groups in total. The van der Waals surface area contributed by atoms with Crippen molar-refractivity contribution in [1.29, 1.82) is 0 Å². The first-order valence-electron chi connectivity index (χ1n) is 3.87. The van der Waals surface area contributed by atoms with Gasteiger partial charge >= 0.3 is 0 Å². The van der Waals surface area contributed by atoms with Gasteiger partial charge < -0.3 is 5.11 Å². The molecule has 0 bridgehead atoms. The van der Waals surface area contributed by atoms with Crippen LogP contribution < -0.4 is 5.14 Å². The molecule has 12 heavy (non-hydrogen) atoms. The van der Waals surface area contributed by atoms with E-state index in [2.05, 4.69) is 0 Å². The average molecular weight is 194 g/mol. The van der Waals surface area contributed by atoms with E-state index in [1.54, 1.807) is 6.92 Å². The van der Waals surface area contributed by atoms with E-state index >= 15 is 0 Å². The molecule has 5 nitrogen and oxygen atoms in total. The van der Waals surface area contributed by atoms with E-state index < -0.39 is 10.2 Å². The zero-order valence-electron chi connectivity index (χ0n) is 6.97. The molecule has 2 atom stereocenters. The van der Waals surface area contributed by atoms with Gasteiger partial charge in [-0.05, 0) is 19.3 Å². The zero-order chi connectivity index (χ0) is 9.35. The Morgan fingerprint density at radius 1 is 1.67 bits per heavy atom. The molecular formula is C6H14N2O3S. The standard InChI is InChI=1S/C6H14N2O3S/c1-5-6(4-9)2-3-8(5)12(7,10)11/h5-6,9H,2-4H2,1H3,(H2,7,10,11). The molecule has 1 aliphatic heterocycles. The fourth-order valence-electron chi connectivity index (χ4n) is 1.58. The van der Waals surface area contributed by atoms with Crippen LogP contribution in [0.5, 0.6) is 0 Å². The maximum absolute atomic E-state index is 10.9. The van der Waals surface area contributed by atoms with Gasteiger partial charge in [0.15, 0.2) is 0 Å². The molecular weight excluding hydrogens is 180 g/mol. The Morgan fingerprint density at radius 2 is 2.25 bits per heavy atom. The van der Waals surface area contributed by atoms with Gasteiger partial charge in [0.25, 0.3) is 10.2 Å². The number of aliphatic hydroxyl groups excluding tert-OH is 1. The molecule has 0 aromatic carbocycles. The van der Waals surface area contributed by atoms with Crippen molar-refractivity contribution in [2.75, 3.05) is 13.2 Å². The third kappa shape index (κ3) is 1.77. The van der Waals surface area contributed by atoms with Crippen LogP contribution in [0.1, 0.15) is 13.3 Å². The Morgan fingerprint density at radius 3 is 2.50 bits per heavy atom. The summed E-state index contributed by atoms with van der Waals surface area (Å²) in [5, 5.41) is 13.8. The van der Waals surface area contributed by atoms with Crippen LogP contribution in [0.4, 0.5) is 0 Å². The van der Waals surface area contributed by atoms with Crippen molar-refractivity contribution in [2.24, 2.45) is 11.1 Å². The van der Waals surface area contributed by atoms with Crippen molar-refractivity contribution >= 4 is 10.2 Å². The molecule has 0 spiro atoms. The summed E-state index contributed by atoms with van der Waals surface area (Å²) >= 11 is 0. The molecule has 0 radical (unpaired) electrons. The van der Waals surface area contributed by atoms with Crippen LogP contribution in [0.15, 0.2) is 0 Å². The number of nitrogens with zero attached hydrogens (tertiary/aromatic N) is 1. The van der Waals surface area contributed by atoms with E-state index in [0.717, 1.165) is 0 Å². The smallest absolute Gasteiger partial charge is 0.277 e. The van der Waals surface area contributed by atoms with Crippen LogP contribution in [0.2, 0.25) is 0 Å². The van der Waals surface area contributed by atoms with Gasteiger partial charge in [-0.1, -0.05) is 0 Å². The summed E-state index contributed by atoms with van der Waals surface area (Å²) in [5.41, 5.74) is 0. The quantitative estimate of drug-likeness (QED) is 0.585. The highest BCUT2D eigenvalue weighted by molar-refractivity contribution is 7.86. The molecule has 1 saturated heterocycles.